The summed E-state index contributed by atoms with van der Waals surface area (Å²) in [4.78, 5) is 10.9. The van der Waals surface area contributed by atoms with Crippen LogP contribution in [-0.4, -0.2) is 24.6 Å². The van der Waals surface area contributed by atoms with E-state index in [0.717, 1.165) is 0 Å². The molecule has 108 valence electrons. The van der Waals surface area contributed by atoms with Crippen LogP contribution >= 0.6 is 0 Å². The molecule has 1 saturated carbocycles. The molecule has 1 fully saturated rings. The zero-order valence-corrected chi connectivity index (χ0v) is 12.0. The number of nitro groups is 1. The normalized spacial score (nSPS) is 26.6. The fourth-order valence-electron chi connectivity index (χ4n) is 2.96. The number of benzene rings is 1. The highest BCUT2D eigenvalue weighted by Gasteiger charge is 2.50. The van der Waals surface area contributed by atoms with Gasteiger partial charge in [0.1, 0.15) is 0 Å². The van der Waals surface area contributed by atoms with E-state index < -0.39 is 27.0 Å². The summed E-state index contributed by atoms with van der Waals surface area (Å²) in [5.41, 5.74) is 0.447. The van der Waals surface area contributed by atoms with Crippen LogP contribution in [0.15, 0.2) is 47.4 Å². The first-order valence-corrected chi connectivity index (χ1v) is 8.04. The average Bonchev–Trinajstić information content (AvgIpc) is 2.77. The molecule has 1 aliphatic rings. The molecule has 0 spiro atoms. The van der Waals surface area contributed by atoms with Crippen LogP contribution in [0, 0.1) is 16.0 Å². The SMILES string of the molecule is C=C1C[C@@H]([N+](=O)[O-])[C@H](CC)[C@@H]1S(=O)(=O)c1ccccc1. The van der Waals surface area contributed by atoms with Gasteiger partial charge in [-0.05, 0) is 18.6 Å². The van der Waals surface area contributed by atoms with Gasteiger partial charge in [0.25, 0.3) is 0 Å². The van der Waals surface area contributed by atoms with E-state index in [1.807, 2.05) is 0 Å². The highest BCUT2D eigenvalue weighted by molar-refractivity contribution is 7.92. The summed E-state index contributed by atoms with van der Waals surface area (Å²) in [5.74, 6) is -0.511. The lowest BCUT2D eigenvalue weighted by atomic mass is 10.0. The lowest BCUT2D eigenvalue weighted by Crippen LogP contribution is -2.33. The minimum atomic E-state index is -3.62. The molecule has 6 heteroatoms. The van der Waals surface area contributed by atoms with Crippen molar-refractivity contribution in [2.75, 3.05) is 0 Å². The summed E-state index contributed by atoms with van der Waals surface area (Å²) in [6.07, 6.45) is 0.587. The molecule has 0 aromatic heterocycles. The van der Waals surface area contributed by atoms with Gasteiger partial charge in [0.2, 0.25) is 6.04 Å². The lowest BCUT2D eigenvalue weighted by molar-refractivity contribution is -0.528. The van der Waals surface area contributed by atoms with Crippen molar-refractivity contribution in [1.82, 2.24) is 0 Å². The largest absolute Gasteiger partial charge is 0.264 e. The molecule has 2 rings (SSSR count). The van der Waals surface area contributed by atoms with Crippen LogP contribution in [0.1, 0.15) is 19.8 Å². The molecule has 1 aromatic rings. The molecule has 0 amide bonds. The third-order valence-corrected chi connectivity index (χ3v) is 6.19. The van der Waals surface area contributed by atoms with Crippen molar-refractivity contribution < 1.29 is 13.3 Å². The van der Waals surface area contributed by atoms with Gasteiger partial charge in [-0.3, -0.25) is 10.1 Å². The molecule has 0 bridgehead atoms. The molecular weight excluding hydrogens is 278 g/mol. The number of hydrogen-bond donors (Lipinski definition) is 0. The third-order valence-electron chi connectivity index (χ3n) is 3.91. The van der Waals surface area contributed by atoms with Gasteiger partial charge in [0.05, 0.1) is 10.1 Å². The first-order chi connectivity index (χ1) is 9.39. The van der Waals surface area contributed by atoms with Crippen molar-refractivity contribution in [2.24, 2.45) is 5.92 Å². The molecular formula is C14H17NO4S. The van der Waals surface area contributed by atoms with Gasteiger partial charge in [0, 0.05) is 17.3 Å². The van der Waals surface area contributed by atoms with Crippen LogP contribution in [0.5, 0.6) is 0 Å². The van der Waals surface area contributed by atoms with Gasteiger partial charge >= 0.3 is 0 Å². The van der Waals surface area contributed by atoms with Crippen LogP contribution in [0.2, 0.25) is 0 Å². The van der Waals surface area contributed by atoms with Crippen LogP contribution in [0.25, 0.3) is 0 Å². The van der Waals surface area contributed by atoms with Gasteiger partial charge < -0.3 is 0 Å². The number of nitrogens with zero attached hydrogens (tertiary/aromatic N) is 1. The van der Waals surface area contributed by atoms with Crippen molar-refractivity contribution in [1.29, 1.82) is 0 Å². The number of hydrogen-bond acceptors (Lipinski definition) is 4. The highest BCUT2D eigenvalue weighted by Crippen LogP contribution is 2.40. The van der Waals surface area contributed by atoms with Crippen molar-refractivity contribution in [3.05, 3.63) is 52.6 Å². The average molecular weight is 295 g/mol. The maximum absolute atomic E-state index is 12.7. The van der Waals surface area contributed by atoms with E-state index in [-0.39, 0.29) is 16.2 Å². The van der Waals surface area contributed by atoms with Gasteiger partial charge in [-0.15, -0.1) is 0 Å². The zero-order valence-electron chi connectivity index (χ0n) is 11.2. The molecule has 3 atom stereocenters. The highest BCUT2D eigenvalue weighted by atomic mass is 32.2. The van der Waals surface area contributed by atoms with Crippen molar-refractivity contribution in [2.45, 2.75) is 36.0 Å². The third kappa shape index (κ3) is 2.35. The Morgan fingerprint density at radius 1 is 1.35 bits per heavy atom. The van der Waals surface area contributed by atoms with Crippen molar-refractivity contribution in [3.63, 3.8) is 0 Å². The summed E-state index contributed by atoms with van der Waals surface area (Å²) >= 11 is 0. The van der Waals surface area contributed by atoms with E-state index >= 15 is 0 Å². The van der Waals surface area contributed by atoms with Gasteiger partial charge in [-0.2, -0.15) is 0 Å². The van der Waals surface area contributed by atoms with E-state index in [1.54, 1.807) is 25.1 Å². The Hall–Kier alpha value is -1.69. The Morgan fingerprint density at radius 3 is 2.45 bits per heavy atom. The Balaban J connectivity index is 2.46. The molecule has 5 nitrogen and oxygen atoms in total. The van der Waals surface area contributed by atoms with E-state index in [0.29, 0.717) is 12.0 Å². The summed E-state index contributed by atoms with van der Waals surface area (Å²) in [6.45, 7) is 5.56. The Morgan fingerprint density at radius 2 is 1.95 bits per heavy atom. The van der Waals surface area contributed by atoms with E-state index in [1.165, 1.54) is 12.1 Å². The minimum absolute atomic E-state index is 0.141. The van der Waals surface area contributed by atoms with Crippen LogP contribution in [0.4, 0.5) is 0 Å². The van der Waals surface area contributed by atoms with Crippen LogP contribution in [-0.2, 0) is 9.84 Å². The van der Waals surface area contributed by atoms with Crippen molar-refractivity contribution >= 4 is 9.84 Å². The number of sulfone groups is 1. The first-order valence-electron chi connectivity index (χ1n) is 6.49. The second-order valence-electron chi connectivity index (χ2n) is 5.07. The Bertz CT molecular complexity index is 624. The molecule has 0 heterocycles. The van der Waals surface area contributed by atoms with E-state index in [9.17, 15) is 18.5 Å². The van der Waals surface area contributed by atoms with E-state index in [4.69, 9.17) is 0 Å². The maximum Gasteiger partial charge on any atom is 0.221 e. The zero-order chi connectivity index (χ0) is 14.9. The standard InChI is InChI=1S/C14H17NO4S/c1-3-12-13(15(16)17)9-10(2)14(12)20(18,19)11-7-5-4-6-8-11/h4-8,12-14H,2-3,9H2,1H3/t12-,13+,14+/m0/s1. The van der Waals surface area contributed by atoms with Crippen molar-refractivity contribution in [3.8, 4) is 0 Å². The molecule has 1 aliphatic carbocycles. The fraction of sp³-hybridized carbons (Fsp3) is 0.429. The molecule has 0 aliphatic heterocycles. The second-order valence-corrected chi connectivity index (χ2v) is 7.14. The summed E-state index contributed by atoms with van der Waals surface area (Å²) in [7, 11) is -3.62. The molecule has 1 aromatic carbocycles. The van der Waals surface area contributed by atoms with Gasteiger partial charge in [-0.25, -0.2) is 8.42 Å². The molecule has 20 heavy (non-hydrogen) atoms. The molecule has 0 radical (unpaired) electrons. The lowest BCUT2D eigenvalue weighted by Gasteiger charge is -2.19. The van der Waals surface area contributed by atoms with Gasteiger partial charge in [-0.1, -0.05) is 37.3 Å². The first kappa shape index (κ1) is 14.7. The fourth-order valence-corrected chi connectivity index (χ4v) is 5.16. The van der Waals surface area contributed by atoms with Crippen LogP contribution in [0.3, 0.4) is 0 Å². The minimum Gasteiger partial charge on any atom is -0.264 e. The Labute approximate surface area is 118 Å². The molecule has 0 unspecified atom stereocenters. The maximum atomic E-state index is 12.7. The predicted octanol–water partition coefficient (Wildman–Crippen LogP) is 2.46. The van der Waals surface area contributed by atoms with E-state index in [2.05, 4.69) is 6.58 Å². The van der Waals surface area contributed by atoms with Gasteiger partial charge in [0.15, 0.2) is 9.84 Å². The summed E-state index contributed by atoms with van der Waals surface area (Å²) < 4.78 is 25.4. The summed E-state index contributed by atoms with van der Waals surface area (Å²) in [6, 6.07) is 7.23. The second kappa shape index (κ2) is 5.36. The molecule has 0 saturated heterocycles. The summed E-state index contributed by atoms with van der Waals surface area (Å²) in [5, 5.41) is 10.2. The topological polar surface area (TPSA) is 77.3 Å². The van der Waals surface area contributed by atoms with Crippen LogP contribution < -0.4 is 0 Å². The predicted molar refractivity (Wildman–Crippen MR) is 75.7 cm³/mol. The smallest absolute Gasteiger partial charge is 0.221 e. The quantitative estimate of drug-likeness (QED) is 0.485. The Kier molecular flexibility index (Phi) is 3.94. The molecule has 0 N–H and O–H groups in total. The number of rotatable bonds is 4. The monoisotopic (exact) mass is 295 g/mol.